The van der Waals surface area contributed by atoms with Gasteiger partial charge in [-0.05, 0) is 35.0 Å². The molecule has 7 nitrogen and oxygen atoms in total. The zero-order valence-corrected chi connectivity index (χ0v) is 9.74. The minimum atomic E-state index is -1.30. The van der Waals surface area contributed by atoms with Crippen molar-refractivity contribution in [2.75, 3.05) is 13.2 Å². The summed E-state index contributed by atoms with van der Waals surface area (Å²) in [5.74, 6) is 0.828. The van der Waals surface area contributed by atoms with Crippen LogP contribution in [-0.4, -0.2) is 43.6 Å². The molecule has 1 aliphatic rings. The number of hydrogen-bond acceptors (Lipinski definition) is 6. The molecule has 3 rings (SSSR count). The fraction of sp³-hybridized carbons (Fsp3) is 0.364. The Bertz CT molecular complexity index is 592. The molecule has 1 aromatic heterocycles. The number of nitrogens with zero attached hydrogens (tertiary/aromatic N) is 4. The van der Waals surface area contributed by atoms with E-state index in [4.69, 9.17) is 4.74 Å². The van der Waals surface area contributed by atoms with Crippen LogP contribution in [0.2, 0.25) is 0 Å². The van der Waals surface area contributed by atoms with E-state index in [1.54, 1.807) is 6.07 Å². The molecule has 0 bridgehead atoms. The topological polar surface area (TPSA) is 93.3 Å². The molecule has 1 aromatic carbocycles. The van der Waals surface area contributed by atoms with Crippen LogP contribution in [0, 0.1) is 6.92 Å². The summed E-state index contributed by atoms with van der Waals surface area (Å²) in [4.78, 5) is 0. The molecule has 2 heterocycles. The third-order valence-corrected chi connectivity index (χ3v) is 3.04. The average Bonchev–Trinajstić information content (AvgIpc) is 2.88. The average molecular weight is 248 g/mol. The zero-order valence-electron chi connectivity index (χ0n) is 9.74. The van der Waals surface area contributed by atoms with E-state index >= 15 is 0 Å². The van der Waals surface area contributed by atoms with Crippen LogP contribution >= 0.6 is 0 Å². The maximum absolute atomic E-state index is 9.49. The van der Waals surface area contributed by atoms with Crippen LogP contribution < -0.4 is 4.74 Å². The smallest absolute Gasteiger partial charge is 0.215 e. The Morgan fingerprint density at radius 3 is 2.83 bits per heavy atom. The molecule has 0 amide bonds. The van der Waals surface area contributed by atoms with Crippen molar-refractivity contribution in [3.8, 4) is 11.4 Å². The highest BCUT2D eigenvalue weighted by atomic mass is 16.5. The lowest BCUT2D eigenvalue weighted by Crippen LogP contribution is -2.45. The number of tetrazole rings is 1. The predicted molar refractivity (Wildman–Crippen MR) is 60.4 cm³/mol. The number of benzene rings is 1. The first-order valence-electron chi connectivity index (χ1n) is 5.51. The molecule has 0 saturated heterocycles. The summed E-state index contributed by atoms with van der Waals surface area (Å²) in [6.45, 7) is 1.14. The number of ether oxygens (including phenoxy) is 1. The van der Waals surface area contributed by atoms with E-state index in [0.29, 0.717) is 17.3 Å². The van der Waals surface area contributed by atoms with Gasteiger partial charge < -0.3 is 14.9 Å². The van der Waals surface area contributed by atoms with Crippen LogP contribution in [0.3, 0.4) is 0 Å². The third-order valence-electron chi connectivity index (χ3n) is 3.04. The fourth-order valence-corrected chi connectivity index (χ4v) is 2.02. The van der Waals surface area contributed by atoms with Crippen molar-refractivity contribution in [1.29, 1.82) is 0 Å². The van der Waals surface area contributed by atoms with Crippen LogP contribution in [0.4, 0.5) is 0 Å². The zero-order chi connectivity index (χ0) is 12.8. The van der Waals surface area contributed by atoms with Crippen LogP contribution in [-0.2, 0) is 5.60 Å². The molecular formula is C11H12N4O3. The largest absolute Gasteiger partial charge is 0.472 e. The monoisotopic (exact) mass is 248 g/mol. The SMILES string of the molecule is Cc1ccc2c(c1)-n1nnnc1C(CO)(CO)O2. The minimum Gasteiger partial charge on any atom is -0.472 e. The van der Waals surface area contributed by atoms with Gasteiger partial charge >= 0.3 is 0 Å². The summed E-state index contributed by atoms with van der Waals surface area (Å²) in [6.07, 6.45) is 0. The van der Waals surface area contributed by atoms with Gasteiger partial charge in [0.15, 0.2) is 0 Å². The van der Waals surface area contributed by atoms with Gasteiger partial charge in [0.2, 0.25) is 11.4 Å². The van der Waals surface area contributed by atoms with Crippen molar-refractivity contribution in [3.63, 3.8) is 0 Å². The minimum absolute atomic E-state index is 0.297. The molecular weight excluding hydrogens is 236 g/mol. The second-order valence-corrected chi connectivity index (χ2v) is 4.30. The van der Waals surface area contributed by atoms with E-state index in [1.807, 2.05) is 19.1 Å². The van der Waals surface area contributed by atoms with Gasteiger partial charge in [0.1, 0.15) is 11.4 Å². The maximum Gasteiger partial charge on any atom is 0.215 e. The van der Waals surface area contributed by atoms with Gasteiger partial charge in [-0.15, -0.1) is 5.10 Å². The Balaban J connectivity index is 2.25. The number of aryl methyl sites for hydroxylation is 1. The predicted octanol–water partition coefficient (Wildman–Crippen LogP) is -0.457. The quantitative estimate of drug-likeness (QED) is 0.747. The van der Waals surface area contributed by atoms with Crippen molar-refractivity contribution in [2.45, 2.75) is 12.5 Å². The van der Waals surface area contributed by atoms with Crippen molar-refractivity contribution in [2.24, 2.45) is 0 Å². The summed E-state index contributed by atoms with van der Waals surface area (Å²) < 4.78 is 7.18. The molecule has 0 fully saturated rings. The highest BCUT2D eigenvalue weighted by molar-refractivity contribution is 5.51. The second-order valence-electron chi connectivity index (χ2n) is 4.30. The molecule has 0 aliphatic carbocycles. The summed E-state index contributed by atoms with van der Waals surface area (Å²) in [5, 5.41) is 30.3. The molecule has 2 aromatic rings. The van der Waals surface area contributed by atoms with Gasteiger partial charge in [-0.2, -0.15) is 4.68 Å². The first kappa shape index (κ1) is 11.1. The Kier molecular flexibility index (Phi) is 2.32. The normalized spacial score (nSPS) is 15.7. The Morgan fingerprint density at radius 2 is 2.11 bits per heavy atom. The van der Waals surface area contributed by atoms with Crippen molar-refractivity contribution < 1.29 is 14.9 Å². The number of rotatable bonds is 2. The van der Waals surface area contributed by atoms with Crippen molar-refractivity contribution >= 4 is 0 Å². The van der Waals surface area contributed by atoms with E-state index in [0.717, 1.165) is 5.56 Å². The van der Waals surface area contributed by atoms with E-state index in [2.05, 4.69) is 15.5 Å². The Hall–Kier alpha value is -1.99. The summed E-state index contributed by atoms with van der Waals surface area (Å²) in [6, 6.07) is 5.54. The van der Waals surface area contributed by atoms with Gasteiger partial charge in [-0.25, -0.2) is 0 Å². The molecule has 0 radical (unpaired) electrons. The van der Waals surface area contributed by atoms with Crippen LogP contribution in [0.5, 0.6) is 5.75 Å². The molecule has 18 heavy (non-hydrogen) atoms. The Labute approximate surface area is 103 Å². The van der Waals surface area contributed by atoms with Gasteiger partial charge in [0, 0.05) is 0 Å². The van der Waals surface area contributed by atoms with Gasteiger partial charge in [-0.3, -0.25) is 0 Å². The molecule has 94 valence electrons. The van der Waals surface area contributed by atoms with Gasteiger partial charge in [-0.1, -0.05) is 6.07 Å². The highest BCUT2D eigenvalue weighted by Gasteiger charge is 2.43. The summed E-state index contributed by atoms with van der Waals surface area (Å²) in [7, 11) is 0. The first-order valence-corrected chi connectivity index (χ1v) is 5.51. The molecule has 0 spiro atoms. The standard InChI is InChI=1S/C11H12N4O3/c1-7-2-3-9-8(4-7)15-10(12-13-14-15)11(5-16,6-17)18-9/h2-4,16-17H,5-6H2,1H3. The molecule has 2 N–H and O–H groups in total. The van der Waals surface area contributed by atoms with E-state index in [1.165, 1.54) is 4.68 Å². The lowest BCUT2D eigenvalue weighted by molar-refractivity contribution is -0.0517. The third kappa shape index (κ3) is 1.34. The number of hydrogen-bond donors (Lipinski definition) is 2. The molecule has 0 saturated carbocycles. The summed E-state index contributed by atoms with van der Waals surface area (Å²) >= 11 is 0. The second kappa shape index (κ2) is 3.76. The van der Waals surface area contributed by atoms with Crippen molar-refractivity contribution in [3.05, 3.63) is 29.6 Å². The molecule has 1 aliphatic heterocycles. The number of aliphatic hydroxyl groups is 2. The lowest BCUT2D eigenvalue weighted by atomic mass is 10.0. The lowest BCUT2D eigenvalue weighted by Gasteiger charge is -2.34. The summed E-state index contributed by atoms with van der Waals surface area (Å²) in [5.41, 5.74) is 0.443. The molecule has 7 heteroatoms. The number of aromatic nitrogens is 4. The van der Waals surface area contributed by atoms with E-state index in [9.17, 15) is 10.2 Å². The first-order chi connectivity index (χ1) is 8.70. The number of fused-ring (bicyclic) bond motifs is 3. The molecule has 0 unspecified atom stereocenters. The van der Waals surface area contributed by atoms with Gasteiger partial charge in [0.25, 0.3) is 0 Å². The highest BCUT2D eigenvalue weighted by Crippen LogP contribution is 2.37. The van der Waals surface area contributed by atoms with Crippen LogP contribution in [0.1, 0.15) is 11.4 Å². The van der Waals surface area contributed by atoms with E-state index < -0.39 is 18.8 Å². The van der Waals surface area contributed by atoms with Crippen LogP contribution in [0.25, 0.3) is 5.69 Å². The van der Waals surface area contributed by atoms with E-state index in [-0.39, 0.29) is 0 Å². The fourth-order valence-electron chi connectivity index (χ4n) is 2.02. The number of aliphatic hydroxyl groups excluding tert-OH is 2. The Morgan fingerprint density at radius 1 is 1.33 bits per heavy atom. The maximum atomic E-state index is 9.49. The van der Waals surface area contributed by atoms with Crippen molar-refractivity contribution in [1.82, 2.24) is 20.2 Å². The molecule has 0 atom stereocenters. The van der Waals surface area contributed by atoms with Gasteiger partial charge in [0.05, 0.1) is 13.2 Å². The van der Waals surface area contributed by atoms with Crippen LogP contribution in [0.15, 0.2) is 18.2 Å².